The minimum atomic E-state index is -2.91. The highest BCUT2D eigenvalue weighted by Crippen LogP contribution is 2.27. The summed E-state index contributed by atoms with van der Waals surface area (Å²) < 4.78 is 32.3. The third kappa shape index (κ3) is 3.00. The second-order valence-electron chi connectivity index (χ2n) is 6.78. The van der Waals surface area contributed by atoms with Crippen LogP contribution in [0, 0.1) is 0 Å². The molecule has 2 aromatic carbocycles. The number of hydrogen-bond acceptors (Lipinski definition) is 4. The molecule has 0 spiro atoms. The number of aryl methyl sites for hydroxylation is 1. The number of fused-ring (bicyclic) bond motifs is 2. The van der Waals surface area contributed by atoms with Gasteiger partial charge in [-0.25, -0.2) is 0 Å². The Labute approximate surface area is 168 Å². The first-order chi connectivity index (χ1) is 14.5. The lowest BCUT2D eigenvalue weighted by Crippen LogP contribution is -2.23. The molecule has 5 aromatic rings. The molecule has 5 rings (SSSR count). The van der Waals surface area contributed by atoms with Crippen LogP contribution in [0.15, 0.2) is 65.7 Å². The first kappa shape index (κ1) is 18.0. The van der Waals surface area contributed by atoms with Crippen LogP contribution in [-0.4, -0.2) is 31.2 Å². The fourth-order valence-electron chi connectivity index (χ4n) is 3.54. The number of H-pyrrole nitrogens is 1. The summed E-state index contributed by atoms with van der Waals surface area (Å²) in [7, 11) is 1.83. The van der Waals surface area contributed by atoms with Crippen LogP contribution in [0.1, 0.15) is 0 Å². The second kappa shape index (κ2) is 6.80. The Bertz CT molecular complexity index is 1430. The van der Waals surface area contributed by atoms with Crippen LogP contribution in [0.5, 0.6) is 5.75 Å². The molecule has 0 atom stereocenters. The highest BCUT2D eigenvalue weighted by atomic mass is 19.3. The van der Waals surface area contributed by atoms with Gasteiger partial charge in [0.15, 0.2) is 5.65 Å². The molecule has 0 unspecified atom stereocenters. The largest absolute Gasteiger partial charge is 0.435 e. The fraction of sp³-hybridized carbons (Fsp3) is 0.0952. The summed E-state index contributed by atoms with van der Waals surface area (Å²) in [4.78, 5) is 16.4. The van der Waals surface area contributed by atoms with Crippen molar-refractivity contribution in [3.8, 4) is 22.6 Å². The van der Waals surface area contributed by atoms with Crippen molar-refractivity contribution in [2.75, 3.05) is 0 Å². The molecule has 0 radical (unpaired) electrons. The van der Waals surface area contributed by atoms with Crippen molar-refractivity contribution >= 4 is 21.9 Å². The predicted molar refractivity (Wildman–Crippen MR) is 108 cm³/mol. The first-order valence-electron chi connectivity index (χ1n) is 9.09. The van der Waals surface area contributed by atoms with Gasteiger partial charge in [0.2, 0.25) is 0 Å². The Kier molecular flexibility index (Phi) is 4.09. The van der Waals surface area contributed by atoms with Gasteiger partial charge in [0.1, 0.15) is 5.75 Å². The highest BCUT2D eigenvalue weighted by Gasteiger charge is 2.16. The molecule has 3 heterocycles. The molecule has 0 bridgehead atoms. The van der Waals surface area contributed by atoms with Crippen molar-refractivity contribution < 1.29 is 13.5 Å². The van der Waals surface area contributed by atoms with Gasteiger partial charge >= 0.3 is 6.61 Å². The summed E-state index contributed by atoms with van der Waals surface area (Å²) in [5.41, 5.74) is 2.60. The molecule has 0 saturated carbocycles. The van der Waals surface area contributed by atoms with Gasteiger partial charge in [-0.3, -0.25) is 9.48 Å². The number of aromatic nitrogens is 5. The molecular weight excluding hydrogens is 392 g/mol. The van der Waals surface area contributed by atoms with Gasteiger partial charge in [-0.2, -0.15) is 18.6 Å². The van der Waals surface area contributed by atoms with Gasteiger partial charge in [-0.05, 0) is 42.0 Å². The van der Waals surface area contributed by atoms with Crippen LogP contribution in [0.25, 0.3) is 38.8 Å². The Hall–Kier alpha value is -4.01. The lowest BCUT2D eigenvalue weighted by atomic mass is 10.0. The molecule has 1 N–H and O–H groups in total. The first-order valence-corrected chi connectivity index (χ1v) is 9.09. The van der Waals surface area contributed by atoms with E-state index in [1.807, 2.05) is 25.4 Å². The quantitative estimate of drug-likeness (QED) is 0.491. The number of rotatable bonds is 4. The molecule has 0 aliphatic carbocycles. The average Bonchev–Trinajstić information content (AvgIpc) is 3.32. The summed E-state index contributed by atoms with van der Waals surface area (Å²) in [5, 5.41) is 10.3. The normalized spacial score (nSPS) is 11.6. The van der Waals surface area contributed by atoms with E-state index in [0.717, 1.165) is 10.9 Å². The fourth-order valence-corrected chi connectivity index (χ4v) is 3.54. The summed E-state index contributed by atoms with van der Waals surface area (Å²) in [6.07, 6.45) is 3.56. The van der Waals surface area contributed by atoms with Crippen molar-refractivity contribution in [3.63, 3.8) is 0 Å². The van der Waals surface area contributed by atoms with Crippen LogP contribution in [0.4, 0.5) is 8.78 Å². The number of ether oxygens (including phenoxy) is 1. The average molecular weight is 407 g/mol. The van der Waals surface area contributed by atoms with Crippen molar-refractivity contribution in [3.05, 3.63) is 71.3 Å². The van der Waals surface area contributed by atoms with E-state index >= 15 is 0 Å². The van der Waals surface area contributed by atoms with E-state index in [0.29, 0.717) is 27.8 Å². The Morgan fingerprint density at radius 2 is 1.87 bits per heavy atom. The molecule has 0 fully saturated rings. The predicted octanol–water partition coefficient (Wildman–Crippen LogP) is 3.87. The number of halogens is 2. The molecule has 9 heteroatoms. The maximum absolute atomic E-state index is 13.4. The summed E-state index contributed by atoms with van der Waals surface area (Å²) in [6.45, 7) is -2.91. The number of hydrogen-bond donors (Lipinski definition) is 1. The Morgan fingerprint density at radius 3 is 2.63 bits per heavy atom. The van der Waals surface area contributed by atoms with E-state index in [2.05, 4.69) is 19.9 Å². The van der Waals surface area contributed by atoms with Crippen molar-refractivity contribution in [1.29, 1.82) is 0 Å². The van der Waals surface area contributed by atoms with Crippen molar-refractivity contribution in [1.82, 2.24) is 24.5 Å². The molecular formula is C21H15F2N5O2. The third-order valence-corrected chi connectivity index (χ3v) is 4.82. The van der Waals surface area contributed by atoms with Gasteiger partial charge < -0.3 is 9.72 Å². The van der Waals surface area contributed by atoms with Gasteiger partial charge in [-0.15, -0.1) is 5.10 Å². The maximum atomic E-state index is 13.4. The zero-order valence-electron chi connectivity index (χ0n) is 15.7. The highest BCUT2D eigenvalue weighted by molar-refractivity contribution is 5.92. The second-order valence-corrected chi connectivity index (χ2v) is 6.78. The summed E-state index contributed by atoms with van der Waals surface area (Å²) in [6, 6.07) is 13.2. The number of benzene rings is 2. The Balaban J connectivity index is 1.69. The molecule has 0 amide bonds. The van der Waals surface area contributed by atoms with Crippen molar-refractivity contribution in [2.45, 2.75) is 6.61 Å². The van der Waals surface area contributed by atoms with Gasteiger partial charge in [0.25, 0.3) is 5.56 Å². The molecule has 30 heavy (non-hydrogen) atoms. The monoisotopic (exact) mass is 407 g/mol. The SMILES string of the molecule is Cn1cc2cc(-n3nc4[nH]ccc4c(-c4ccc(OC(F)F)cc4)c3=O)ccc2n1. The van der Waals surface area contributed by atoms with Gasteiger partial charge in [-0.1, -0.05) is 12.1 Å². The number of alkyl halides is 2. The van der Waals surface area contributed by atoms with E-state index in [1.165, 1.54) is 16.8 Å². The lowest BCUT2D eigenvalue weighted by molar-refractivity contribution is -0.0498. The maximum Gasteiger partial charge on any atom is 0.387 e. The topological polar surface area (TPSA) is 77.7 Å². The zero-order valence-corrected chi connectivity index (χ0v) is 15.7. The van der Waals surface area contributed by atoms with E-state index < -0.39 is 6.61 Å². The van der Waals surface area contributed by atoms with E-state index in [-0.39, 0.29) is 11.3 Å². The van der Waals surface area contributed by atoms with Crippen LogP contribution in [-0.2, 0) is 7.05 Å². The molecule has 3 aromatic heterocycles. The minimum absolute atomic E-state index is 0.0236. The van der Waals surface area contributed by atoms with Crippen LogP contribution < -0.4 is 10.3 Å². The van der Waals surface area contributed by atoms with Crippen molar-refractivity contribution in [2.24, 2.45) is 7.05 Å². The minimum Gasteiger partial charge on any atom is -0.435 e. The zero-order chi connectivity index (χ0) is 20.8. The molecule has 7 nitrogen and oxygen atoms in total. The lowest BCUT2D eigenvalue weighted by Gasteiger charge is -2.10. The van der Waals surface area contributed by atoms with E-state index in [4.69, 9.17) is 0 Å². The number of nitrogens with zero attached hydrogens (tertiary/aromatic N) is 4. The van der Waals surface area contributed by atoms with E-state index in [1.54, 1.807) is 35.1 Å². The molecule has 150 valence electrons. The third-order valence-electron chi connectivity index (χ3n) is 4.82. The Morgan fingerprint density at radius 1 is 1.07 bits per heavy atom. The molecule has 0 aliphatic heterocycles. The van der Waals surface area contributed by atoms with Gasteiger partial charge in [0.05, 0.1) is 16.8 Å². The smallest absolute Gasteiger partial charge is 0.387 e. The molecule has 0 aliphatic rings. The number of nitrogens with one attached hydrogen (secondary N) is 1. The summed E-state index contributed by atoms with van der Waals surface area (Å²) in [5.74, 6) is 0.0236. The standard InChI is InChI=1S/C21H15F2N5O2/c1-27-11-13-10-14(4-7-17(13)25-27)28-20(29)18(16-8-9-24-19(16)26-28)12-2-5-15(6-3-12)30-21(22)23/h2-11,21H,1H3,(H,24,26). The van der Waals surface area contributed by atoms with E-state index in [9.17, 15) is 13.6 Å². The molecule has 0 saturated heterocycles. The number of aromatic amines is 1. The van der Waals surface area contributed by atoms with Gasteiger partial charge in [0, 0.05) is 30.2 Å². The van der Waals surface area contributed by atoms with Crippen LogP contribution in [0.3, 0.4) is 0 Å². The summed E-state index contributed by atoms with van der Waals surface area (Å²) >= 11 is 0. The van der Waals surface area contributed by atoms with Crippen LogP contribution in [0.2, 0.25) is 0 Å². The van der Waals surface area contributed by atoms with Crippen LogP contribution >= 0.6 is 0 Å².